The van der Waals surface area contributed by atoms with Gasteiger partial charge in [0.2, 0.25) is 0 Å². The van der Waals surface area contributed by atoms with Crippen LogP contribution in [0.4, 0.5) is 0 Å². The van der Waals surface area contributed by atoms with Crippen molar-refractivity contribution in [1.82, 2.24) is 0 Å². The fourth-order valence-corrected chi connectivity index (χ4v) is 1.62. The van der Waals surface area contributed by atoms with Gasteiger partial charge < -0.3 is 14.6 Å². The summed E-state index contributed by atoms with van der Waals surface area (Å²) >= 11 is 0. The summed E-state index contributed by atoms with van der Waals surface area (Å²) in [7, 11) is 0. The summed E-state index contributed by atoms with van der Waals surface area (Å²) in [6.07, 6.45) is 0. The van der Waals surface area contributed by atoms with E-state index in [1.807, 2.05) is 0 Å². The fourth-order valence-electron chi connectivity index (χ4n) is 1.62. The average molecular weight is 278 g/mol. The van der Waals surface area contributed by atoms with Crippen LogP contribution >= 0.6 is 0 Å². The van der Waals surface area contributed by atoms with Crippen LogP contribution in [0.25, 0.3) is 0 Å². The minimum Gasteiger partial charge on any atom is -0.545 e. The van der Waals surface area contributed by atoms with Crippen LogP contribution < -0.4 is 39.4 Å². The van der Waals surface area contributed by atoms with Crippen molar-refractivity contribution in [3.8, 4) is 5.75 Å². The molecule has 0 aliphatic rings. The van der Waals surface area contributed by atoms with Crippen molar-refractivity contribution in [2.75, 3.05) is 0 Å². The maximum Gasteiger partial charge on any atom is 1.00 e. The van der Waals surface area contributed by atoms with Gasteiger partial charge in [-0.2, -0.15) is 0 Å². The van der Waals surface area contributed by atoms with Crippen LogP contribution in [-0.2, 0) is 0 Å². The second-order valence-electron chi connectivity index (χ2n) is 4.04. The molecule has 0 aliphatic carbocycles. The Morgan fingerprint density at radius 1 is 1.05 bits per heavy atom. The Labute approximate surface area is 138 Å². The monoisotopic (exact) mass is 278 g/mol. The molecule has 96 valence electrons. The number of carbonyl (C=O) groups is 2. The normalized spacial score (nSPS) is 9.45. The van der Waals surface area contributed by atoms with E-state index in [1.54, 1.807) is 43.3 Å². The molecule has 2 aromatic rings. The van der Waals surface area contributed by atoms with Crippen LogP contribution in [0.3, 0.4) is 0 Å². The summed E-state index contributed by atoms with van der Waals surface area (Å²) < 4.78 is 5.11. The number of hydrogen-bond donors (Lipinski definition) is 0. The molecule has 4 nitrogen and oxygen atoms in total. The fraction of sp³-hybridized carbons (Fsp3) is 0.0667. The van der Waals surface area contributed by atoms with Crippen molar-refractivity contribution in [3.05, 3.63) is 65.2 Å². The van der Waals surface area contributed by atoms with Crippen molar-refractivity contribution in [2.45, 2.75) is 6.92 Å². The van der Waals surface area contributed by atoms with Gasteiger partial charge in [-0.05, 0) is 36.8 Å². The topological polar surface area (TPSA) is 66.4 Å². The van der Waals surface area contributed by atoms with Gasteiger partial charge in [0, 0.05) is 5.56 Å². The summed E-state index contributed by atoms with van der Waals surface area (Å²) in [5, 5.41) is 10.9. The molecular weight excluding hydrogens is 267 g/mol. The molecule has 5 heteroatoms. The van der Waals surface area contributed by atoms with Gasteiger partial charge in [-0.1, -0.05) is 24.3 Å². The average Bonchev–Trinajstić information content (AvgIpc) is 2.39. The molecule has 0 N–H and O–H groups in total. The first-order valence-corrected chi connectivity index (χ1v) is 5.67. The number of ether oxygens (including phenoxy) is 1. The van der Waals surface area contributed by atoms with Crippen molar-refractivity contribution >= 4 is 11.9 Å². The molecule has 2 aromatic carbocycles. The molecule has 0 aromatic heterocycles. The van der Waals surface area contributed by atoms with Crippen LogP contribution in [0.5, 0.6) is 5.75 Å². The molecule has 0 unspecified atom stereocenters. The van der Waals surface area contributed by atoms with Gasteiger partial charge in [0.1, 0.15) is 5.75 Å². The number of carbonyl (C=O) groups excluding carboxylic acids is 2. The second kappa shape index (κ2) is 7.24. The molecule has 0 aliphatic heterocycles. The predicted molar refractivity (Wildman–Crippen MR) is 66.9 cm³/mol. The Bertz CT molecular complexity index is 623. The second-order valence-corrected chi connectivity index (χ2v) is 4.04. The number of esters is 1. The first-order chi connectivity index (χ1) is 9.08. The summed E-state index contributed by atoms with van der Waals surface area (Å²) in [6.45, 7) is 1.78. The van der Waals surface area contributed by atoms with Gasteiger partial charge in [-0.15, -0.1) is 0 Å². The molecule has 0 radical (unpaired) electrons. The third-order valence-electron chi connectivity index (χ3n) is 2.57. The van der Waals surface area contributed by atoms with Gasteiger partial charge in [-0.3, -0.25) is 0 Å². The molecular formula is C15H11NaO4. The third kappa shape index (κ3) is 3.93. The first-order valence-electron chi connectivity index (χ1n) is 5.67. The van der Waals surface area contributed by atoms with Crippen molar-refractivity contribution in [1.29, 1.82) is 0 Å². The molecule has 20 heavy (non-hydrogen) atoms. The molecule has 0 saturated heterocycles. The maximum absolute atomic E-state index is 11.9. The minimum atomic E-state index is -1.38. The molecule has 0 saturated carbocycles. The molecule has 2 rings (SSSR count). The van der Waals surface area contributed by atoms with E-state index in [4.69, 9.17) is 4.74 Å². The van der Waals surface area contributed by atoms with Crippen LogP contribution in [0.2, 0.25) is 0 Å². The largest absolute Gasteiger partial charge is 1.00 e. The zero-order valence-electron chi connectivity index (χ0n) is 11.3. The summed E-state index contributed by atoms with van der Waals surface area (Å²) in [5.41, 5.74) is 1.00. The standard InChI is InChI=1S/C15H12O4.Na/c1-10-7-8-12(14(16)17)13(9-10)19-15(18)11-5-3-2-4-6-11;/h2-9H,1H3,(H,16,17);/q;+1/p-1. The van der Waals surface area contributed by atoms with Crippen molar-refractivity contribution < 1.29 is 49.0 Å². The molecule has 0 bridgehead atoms. The van der Waals surface area contributed by atoms with E-state index < -0.39 is 11.9 Å². The number of carboxylic acids is 1. The molecule has 0 atom stereocenters. The summed E-state index contributed by atoms with van der Waals surface area (Å²) in [5.74, 6) is -1.99. The third-order valence-corrected chi connectivity index (χ3v) is 2.57. The van der Waals surface area contributed by atoms with Gasteiger partial charge in [0.15, 0.2) is 0 Å². The maximum atomic E-state index is 11.9. The number of carboxylic acid groups (broad SMARTS) is 1. The van der Waals surface area contributed by atoms with E-state index in [-0.39, 0.29) is 40.9 Å². The van der Waals surface area contributed by atoms with E-state index in [2.05, 4.69) is 0 Å². The Morgan fingerprint density at radius 3 is 2.30 bits per heavy atom. The minimum absolute atomic E-state index is 0. The van der Waals surface area contributed by atoms with Gasteiger partial charge >= 0.3 is 35.5 Å². The molecule has 0 fully saturated rings. The Kier molecular flexibility index (Phi) is 5.95. The summed E-state index contributed by atoms with van der Waals surface area (Å²) in [6, 6.07) is 12.8. The quantitative estimate of drug-likeness (QED) is 0.393. The van der Waals surface area contributed by atoms with Crippen LogP contribution in [0, 0.1) is 6.92 Å². The summed E-state index contributed by atoms with van der Waals surface area (Å²) in [4.78, 5) is 22.8. The van der Waals surface area contributed by atoms with Gasteiger partial charge in [-0.25, -0.2) is 4.79 Å². The molecule has 0 amide bonds. The van der Waals surface area contributed by atoms with Crippen LogP contribution in [0.15, 0.2) is 48.5 Å². The van der Waals surface area contributed by atoms with E-state index in [0.717, 1.165) is 5.56 Å². The molecule has 0 spiro atoms. The predicted octanol–water partition coefficient (Wildman–Crippen LogP) is -1.42. The van der Waals surface area contributed by atoms with Crippen molar-refractivity contribution in [3.63, 3.8) is 0 Å². The zero-order chi connectivity index (χ0) is 13.8. The Balaban J connectivity index is 0.00000200. The van der Waals surface area contributed by atoms with Gasteiger partial charge in [0.25, 0.3) is 0 Å². The number of hydrogen-bond acceptors (Lipinski definition) is 4. The SMILES string of the molecule is Cc1ccc(C(=O)[O-])c(OC(=O)c2ccccc2)c1.[Na+]. The molecule has 0 heterocycles. The zero-order valence-corrected chi connectivity index (χ0v) is 13.3. The first kappa shape index (κ1) is 16.4. The Hall–Kier alpha value is -1.62. The number of aromatic carboxylic acids is 1. The van der Waals surface area contributed by atoms with Gasteiger partial charge in [0.05, 0.1) is 11.5 Å². The van der Waals surface area contributed by atoms with E-state index in [9.17, 15) is 14.7 Å². The van der Waals surface area contributed by atoms with E-state index in [1.165, 1.54) is 12.1 Å². The van der Waals surface area contributed by atoms with Crippen molar-refractivity contribution in [2.24, 2.45) is 0 Å². The smallest absolute Gasteiger partial charge is 0.545 e. The number of aryl methyl sites for hydroxylation is 1. The number of benzene rings is 2. The Morgan fingerprint density at radius 2 is 1.70 bits per heavy atom. The van der Waals surface area contributed by atoms with Crippen LogP contribution in [0.1, 0.15) is 26.3 Å². The number of rotatable bonds is 3. The van der Waals surface area contributed by atoms with E-state index >= 15 is 0 Å². The van der Waals surface area contributed by atoms with E-state index in [0.29, 0.717) is 5.56 Å². The van der Waals surface area contributed by atoms with Crippen LogP contribution in [-0.4, -0.2) is 11.9 Å².